The molecule has 0 radical (unpaired) electrons. The highest BCUT2D eigenvalue weighted by Crippen LogP contribution is 2.45. The fourth-order valence-corrected chi connectivity index (χ4v) is 5.88. The molecule has 2 unspecified atom stereocenters. The number of amides is 2. The largest absolute Gasteiger partial charge is 0.465 e. The first-order valence-corrected chi connectivity index (χ1v) is 11.5. The van der Waals surface area contributed by atoms with Gasteiger partial charge in [0, 0.05) is 12.6 Å². The van der Waals surface area contributed by atoms with E-state index < -0.39 is 12.2 Å². The Labute approximate surface area is 193 Å². The van der Waals surface area contributed by atoms with Crippen LogP contribution in [0.25, 0.3) is 0 Å². The van der Waals surface area contributed by atoms with Gasteiger partial charge in [0.2, 0.25) is 0 Å². The second-order valence-electron chi connectivity index (χ2n) is 12.6. The van der Waals surface area contributed by atoms with Gasteiger partial charge in [-0.15, -0.1) is 0 Å². The highest BCUT2D eigenvalue weighted by atomic mass is 16.6. The predicted molar refractivity (Wildman–Crippen MR) is 128 cm³/mol. The number of rotatable bonds is 6. The zero-order chi connectivity index (χ0) is 24.4. The molecule has 0 heterocycles. The van der Waals surface area contributed by atoms with Crippen molar-refractivity contribution in [3.05, 3.63) is 29.8 Å². The minimum Gasteiger partial charge on any atom is -0.465 e. The number of nitrogens with one attached hydrogen (secondary N) is 2. The molecule has 32 heavy (non-hydrogen) atoms. The molecule has 1 aromatic rings. The average Bonchev–Trinajstić information content (AvgIpc) is 2.56. The van der Waals surface area contributed by atoms with Crippen LogP contribution in [-0.2, 0) is 5.41 Å². The maximum atomic E-state index is 12.4. The molecule has 0 saturated heterocycles. The third-order valence-electron chi connectivity index (χ3n) is 6.25. The van der Waals surface area contributed by atoms with Gasteiger partial charge in [0.1, 0.15) is 5.75 Å². The van der Waals surface area contributed by atoms with E-state index in [1.54, 1.807) is 0 Å². The van der Waals surface area contributed by atoms with Gasteiger partial charge in [0.15, 0.2) is 0 Å². The van der Waals surface area contributed by atoms with Crippen molar-refractivity contribution in [2.24, 2.45) is 16.2 Å². The third kappa shape index (κ3) is 8.03. The fraction of sp³-hybridized carbons (Fsp3) is 0.692. The van der Waals surface area contributed by atoms with Gasteiger partial charge in [-0.1, -0.05) is 67.5 Å². The summed E-state index contributed by atoms with van der Waals surface area (Å²) >= 11 is 0. The Morgan fingerprint density at radius 3 is 2.19 bits per heavy atom. The van der Waals surface area contributed by atoms with E-state index in [0.29, 0.717) is 18.7 Å². The van der Waals surface area contributed by atoms with Crippen LogP contribution in [0.5, 0.6) is 5.75 Å². The summed E-state index contributed by atoms with van der Waals surface area (Å²) in [5.41, 5.74) is 1.24. The smallest absolute Gasteiger partial charge is 0.412 e. The van der Waals surface area contributed by atoms with Gasteiger partial charge >= 0.3 is 12.2 Å². The predicted octanol–water partition coefficient (Wildman–Crippen LogP) is 6.34. The van der Waals surface area contributed by atoms with Crippen LogP contribution in [0, 0.1) is 16.2 Å². The van der Waals surface area contributed by atoms with Crippen molar-refractivity contribution in [2.75, 3.05) is 6.54 Å². The molecule has 0 aliphatic heterocycles. The van der Waals surface area contributed by atoms with Crippen LogP contribution >= 0.6 is 0 Å². The summed E-state index contributed by atoms with van der Waals surface area (Å²) < 4.78 is 5.50. The van der Waals surface area contributed by atoms with Crippen molar-refractivity contribution < 1.29 is 19.4 Å². The normalized spacial score (nSPS) is 23.3. The summed E-state index contributed by atoms with van der Waals surface area (Å²) in [6.07, 6.45) is 1.93. The molecule has 6 nitrogen and oxygen atoms in total. The highest BCUT2D eigenvalue weighted by molar-refractivity contribution is 5.70. The molecule has 0 bridgehead atoms. The summed E-state index contributed by atoms with van der Waals surface area (Å²) in [6.45, 7) is 18.0. The molecule has 1 aliphatic carbocycles. The fourth-order valence-electron chi connectivity index (χ4n) is 5.88. The topological polar surface area (TPSA) is 87.7 Å². The number of hydrogen-bond acceptors (Lipinski definition) is 3. The SMILES string of the molecule is CC(C)(C)CC(C)(C)c1ccc(OC(=O)NCC2(C)CC(NC(=O)O)CC(C)(C)C2)cc1. The number of carbonyl (C=O) groups excluding carboxylic acids is 1. The Balaban J connectivity index is 1.95. The van der Waals surface area contributed by atoms with Crippen LogP contribution in [0.2, 0.25) is 0 Å². The van der Waals surface area contributed by atoms with Gasteiger partial charge in [-0.2, -0.15) is 0 Å². The van der Waals surface area contributed by atoms with Crippen molar-refractivity contribution in [2.45, 2.75) is 92.5 Å². The van der Waals surface area contributed by atoms with Gasteiger partial charge < -0.3 is 20.5 Å². The molecule has 6 heteroatoms. The van der Waals surface area contributed by atoms with Gasteiger partial charge in [-0.25, -0.2) is 9.59 Å². The van der Waals surface area contributed by atoms with Crippen LogP contribution in [0.3, 0.4) is 0 Å². The molecule has 1 saturated carbocycles. The van der Waals surface area contributed by atoms with E-state index in [4.69, 9.17) is 9.84 Å². The Kier molecular flexibility index (Phi) is 7.58. The highest BCUT2D eigenvalue weighted by Gasteiger charge is 2.42. The van der Waals surface area contributed by atoms with E-state index in [2.05, 4.69) is 66.0 Å². The molecule has 1 aliphatic rings. The first kappa shape index (κ1) is 26.0. The number of hydrogen-bond donors (Lipinski definition) is 3. The Morgan fingerprint density at radius 1 is 1.06 bits per heavy atom. The number of carbonyl (C=O) groups is 2. The second-order valence-corrected chi connectivity index (χ2v) is 12.6. The first-order chi connectivity index (χ1) is 14.5. The Morgan fingerprint density at radius 2 is 1.66 bits per heavy atom. The molecule has 2 amide bonds. The van der Waals surface area contributed by atoms with Crippen molar-refractivity contribution in [3.63, 3.8) is 0 Å². The minimum atomic E-state index is -1.00. The van der Waals surface area contributed by atoms with Crippen molar-refractivity contribution in [1.82, 2.24) is 10.6 Å². The first-order valence-electron chi connectivity index (χ1n) is 11.5. The Hall–Kier alpha value is -2.24. The molecule has 3 N–H and O–H groups in total. The average molecular weight is 447 g/mol. The van der Waals surface area contributed by atoms with E-state index in [1.165, 1.54) is 5.56 Å². The summed E-state index contributed by atoms with van der Waals surface area (Å²) in [4.78, 5) is 23.6. The van der Waals surface area contributed by atoms with E-state index in [1.807, 2.05) is 24.3 Å². The van der Waals surface area contributed by atoms with Crippen LogP contribution in [-0.4, -0.2) is 29.9 Å². The molecule has 0 spiro atoms. The maximum Gasteiger partial charge on any atom is 0.412 e. The monoisotopic (exact) mass is 446 g/mol. The van der Waals surface area contributed by atoms with Crippen LogP contribution in [0.4, 0.5) is 9.59 Å². The lowest BCUT2D eigenvalue weighted by molar-refractivity contribution is 0.0695. The molecule has 180 valence electrons. The van der Waals surface area contributed by atoms with Gasteiger partial charge in [-0.05, 0) is 65.0 Å². The van der Waals surface area contributed by atoms with Crippen molar-refractivity contribution in [1.29, 1.82) is 0 Å². The summed E-state index contributed by atoms with van der Waals surface area (Å²) in [6, 6.07) is 7.63. The summed E-state index contributed by atoms with van der Waals surface area (Å²) in [7, 11) is 0. The van der Waals surface area contributed by atoms with Crippen LogP contribution < -0.4 is 15.4 Å². The van der Waals surface area contributed by atoms with E-state index in [0.717, 1.165) is 19.3 Å². The quantitative estimate of drug-likeness (QED) is 0.476. The standard InChI is InChI=1S/C26H42N2O4/c1-23(2,3)15-25(6,7)18-9-11-20(12-10-18)32-22(31)27-17-26(8)14-19(28-21(29)30)13-24(4,5)16-26/h9-12,19,28H,13-17H2,1-8H3,(H,27,31)(H,29,30). The summed E-state index contributed by atoms with van der Waals surface area (Å²) in [5, 5.41) is 14.6. The van der Waals surface area contributed by atoms with Gasteiger partial charge in [0.25, 0.3) is 0 Å². The second kappa shape index (κ2) is 9.32. The van der Waals surface area contributed by atoms with E-state index in [-0.39, 0.29) is 27.7 Å². The minimum absolute atomic E-state index is 0.0125. The lowest BCUT2D eigenvalue weighted by Gasteiger charge is -2.46. The van der Waals surface area contributed by atoms with E-state index >= 15 is 0 Å². The maximum absolute atomic E-state index is 12.4. The number of ether oxygens (including phenoxy) is 1. The summed E-state index contributed by atoms with van der Waals surface area (Å²) in [5.74, 6) is 0.511. The molecule has 2 atom stereocenters. The number of carboxylic acid groups (broad SMARTS) is 1. The zero-order valence-electron chi connectivity index (χ0n) is 21.1. The molecule has 2 rings (SSSR count). The van der Waals surface area contributed by atoms with Crippen molar-refractivity contribution in [3.8, 4) is 5.75 Å². The van der Waals surface area contributed by atoms with Crippen LogP contribution in [0.15, 0.2) is 24.3 Å². The molecular weight excluding hydrogens is 404 g/mol. The third-order valence-corrected chi connectivity index (χ3v) is 6.25. The molecule has 1 fully saturated rings. The van der Waals surface area contributed by atoms with Gasteiger partial charge in [0.05, 0.1) is 0 Å². The van der Waals surface area contributed by atoms with Crippen LogP contribution in [0.1, 0.15) is 86.6 Å². The van der Waals surface area contributed by atoms with E-state index in [9.17, 15) is 9.59 Å². The zero-order valence-corrected chi connectivity index (χ0v) is 21.1. The lowest BCUT2D eigenvalue weighted by atomic mass is 9.62. The molecule has 0 aromatic heterocycles. The molecular formula is C26H42N2O4. The Bertz CT molecular complexity index is 808. The molecule has 1 aromatic carbocycles. The number of benzene rings is 1. The van der Waals surface area contributed by atoms with Gasteiger partial charge in [-0.3, -0.25) is 0 Å². The van der Waals surface area contributed by atoms with Crippen molar-refractivity contribution >= 4 is 12.2 Å². The lowest BCUT2D eigenvalue weighted by Crippen LogP contribution is -2.50.